The number of hydrogen-bond acceptors (Lipinski definition) is 2. The van der Waals surface area contributed by atoms with Crippen molar-refractivity contribution in [2.45, 2.75) is 0 Å². The Morgan fingerprint density at radius 2 is 2.06 bits per heavy atom. The summed E-state index contributed by atoms with van der Waals surface area (Å²) in [5, 5.41) is 4.97. The lowest BCUT2D eigenvalue weighted by atomic mass is 10.2. The van der Waals surface area contributed by atoms with Crippen LogP contribution in [-0.4, -0.2) is 14.8 Å². The van der Waals surface area contributed by atoms with E-state index in [0.717, 1.165) is 11.1 Å². The third-order valence-electron chi connectivity index (χ3n) is 2.40. The fourth-order valence-corrected chi connectivity index (χ4v) is 1.63. The Morgan fingerprint density at radius 1 is 1.12 bits per heavy atom. The van der Waals surface area contributed by atoms with E-state index < -0.39 is 0 Å². The zero-order valence-corrected chi connectivity index (χ0v) is 8.34. The molecule has 0 amide bonds. The Kier molecular flexibility index (Phi) is 1.93. The first kappa shape index (κ1) is 9.03. The van der Waals surface area contributed by atoms with Crippen molar-refractivity contribution in [2.75, 3.05) is 0 Å². The zero-order valence-electron chi connectivity index (χ0n) is 8.34. The second-order valence-electron chi connectivity index (χ2n) is 3.46. The van der Waals surface area contributed by atoms with Crippen LogP contribution >= 0.6 is 0 Å². The molecule has 0 radical (unpaired) electrons. The summed E-state index contributed by atoms with van der Waals surface area (Å²) in [6.45, 7) is 0. The predicted octanol–water partition coefficient (Wildman–Crippen LogP) is 2.56. The summed E-state index contributed by atoms with van der Waals surface area (Å²) in [6.07, 6.45) is 5.16. The van der Waals surface area contributed by atoms with Gasteiger partial charge in [-0.15, -0.1) is 0 Å². The first-order valence-electron chi connectivity index (χ1n) is 4.89. The van der Waals surface area contributed by atoms with E-state index in [9.17, 15) is 4.39 Å². The van der Waals surface area contributed by atoms with Gasteiger partial charge in [0.15, 0.2) is 5.82 Å². The lowest BCUT2D eigenvalue weighted by Gasteiger charge is -1.97. The minimum Gasteiger partial charge on any atom is -0.262 e. The summed E-state index contributed by atoms with van der Waals surface area (Å²) in [5.74, 6) is -0.305. The van der Waals surface area contributed by atoms with Crippen LogP contribution in [0.2, 0.25) is 0 Å². The number of aromatic nitrogens is 3. The van der Waals surface area contributed by atoms with Crippen LogP contribution in [0.5, 0.6) is 0 Å². The third kappa shape index (κ3) is 1.35. The van der Waals surface area contributed by atoms with Crippen LogP contribution < -0.4 is 0 Å². The van der Waals surface area contributed by atoms with Gasteiger partial charge in [-0.1, -0.05) is 12.1 Å². The lowest BCUT2D eigenvalue weighted by molar-refractivity contribution is 0.635. The average molecular weight is 213 g/mol. The van der Waals surface area contributed by atoms with Gasteiger partial charge < -0.3 is 0 Å². The van der Waals surface area contributed by atoms with Crippen LogP contribution in [0.3, 0.4) is 0 Å². The van der Waals surface area contributed by atoms with Gasteiger partial charge in [-0.2, -0.15) is 5.10 Å². The summed E-state index contributed by atoms with van der Waals surface area (Å²) in [7, 11) is 0. The Morgan fingerprint density at radius 3 is 2.81 bits per heavy atom. The molecule has 0 aliphatic rings. The molecule has 0 saturated heterocycles. The van der Waals surface area contributed by atoms with Crippen LogP contribution in [-0.2, 0) is 0 Å². The second-order valence-corrected chi connectivity index (χ2v) is 3.46. The summed E-state index contributed by atoms with van der Waals surface area (Å²) in [4.78, 5) is 4.00. The van der Waals surface area contributed by atoms with E-state index in [0.29, 0.717) is 5.52 Å². The number of halogens is 1. The molecule has 0 unspecified atom stereocenters. The van der Waals surface area contributed by atoms with Gasteiger partial charge in [0.25, 0.3) is 0 Å². The molecule has 2 aromatic heterocycles. The molecule has 4 heteroatoms. The maximum atomic E-state index is 13.4. The van der Waals surface area contributed by atoms with Gasteiger partial charge in [-0.25, -0.2) is 9.07 Å². The maximum Gasteiger partial charge on any atom is 0.151 e. The molecule has 0 fully saturated rings. The number of fused-ring (bicyclic) bond motifs is 1. The molecule has 16 heavy (non-hydrogen) atoms. The molecule has 3 rings (SSSR count). The average Bonchev–Trinajstić information content (AvgIpc) is 2.76. The molecule has 1 aromatic carbocycles. The Hall–Kier alpha value is -2.23. The highest BCUT2D eigenvalue weighted by Crippen LogP contribution is 2.17. The SMILES string of the molecule is Fc1cccc2cn(-c3cccnc3)nc12. The standard InChI is InChI=1S/C12H8FN3/c13-11-5-1-3-9-8-16(15-12(9)11)10-4-2-6-14-7-10/h1-8H. The first-order chi connectivity index (χ1) is 7.84. The van der Waals surface area contributed by atoms with Gasteiger partial charge in [0.2, 0.25) is 0 Å². The number of nitrogens with zero attached hydrogens (tertiary/aromatic N) is 3. The minimum atomic E-state index is -0.305. The van der Waals surface area contributed by atoms with Crippen molar-refractivity contribution in [2.24, 2.45) is 0 Å². The molecule has 0 atom stereocenters. The molecule has 2 heterocycles. The van der Waals surface area contributed by atoms with E-state index >= 15 is 0 Å². The predicted molar refractivity (Wildman–Crippen MR) is 58.8 cm³/mol. The van der Waals surface area contributed by atoms with Crippen molar-refractivity contribution in [3.63, 3.8) is 0 Å². The van der Waals surface area contributed by atoms with Crippen molar-refractivity contribution < 1.29 is 4.39 Å². The van der Waals surface area contributed by atoms with Gasteiger partial charge >= 0.3 is 0 Å². The van der Waals surface area contributed by atoms with E-state index in [4.69, 9.17) is 0 Å². The number of pyridine rings is 1. The molecular weight excluding hydrogens is 205 g/mol. The van der Waals surface area contributed by atoms with Crippen LogP contribution in [0.15, 0.2) is 48.9 Å². The molecule has 0 aliphatic carbocycles. The molecule has 0 aliphatic heterocycles. The molecule has 0 spiro atoms. The van der Waals surface area contributed by atoms with Gasteiger partial charge in [0.1, 0.15) is 5.52 Å². The van der Waals surface area contributed by atoms with Gasteiger partial charge in [0.05, 0.1) is 11.9 Å². The molecule has 0 bridgehead atoms. The van der Waals surface area contributed by atoms with Crippen molar-refractivity contribution in [3.05, 3.63) is 54.7 Å². The summed E-state index contributed by atoms with van der Waals surface area (Å²) >= 11 is 0. The Balaban J connectivity index is 2.23. The van der Waals surface area contributed by atoms with Gasteiger partial charge in [0, 0.05) is 17.8 Å². The van der Waals surface area contributed by atoms with Crippen molar-refractivity contribution in [1.29, 1.82) is 0 Å². The van der Waals surface area contributed by atoms with Crippen LogP contribution in [0, 0.1) is 5.82 Å². The highest BCUT2D eigenvalue weighted by Gasteiger charge is 2.06. The van der Waals surface area contributed by atoms with E-state index in [1.807, 2.05) is 18.2 Å². The quantitative estimate of drug-likeness (QED) is 0.622. The molecule has 3 nitrogen and oxygen atoms in total. The number of benzene rings is 1. The largest absolute Gasteiger partial charge is 0.262 e. The van der Waals surface area contributed by atoms with E-state index in [1.165, 1.54) is 6.07 Å². The van der Waals surface area contributed by atoms with Crippen molar-refractivity contribution in [1.82, 2.24) is 14.8 Å². The Labute approximate surface area is 91.2 Å². The van der Waals surface area contributed by atoms with E-state index in [1.54, 1.807) is 29.3 Å². The molecule has 3 aromatic rings. The van der Waals surface area contributed by atoms with Crippen LogP contribution in [0.25, 0.3) is 16.6 Å². The smallest absolute Gasteiger partial charge is 0.151 e. The topological polar surface area (TPSA) is 30.7 Å². The second kappa shape index (κ2) is 3.41. The molecule has 0 saturated carbocycles. The normalized spacial score (nSPS) is 10.8. The van der Waals surface area contributed by atoms with E-state index in [-0.39, 0.29) is 5.82 Å². The summed E-state index contributed by atoms with van der Waals surface area (Å²) in [6, 6.07) is 8.60. The molecule has 0 N–H and O–H groups in total. The highest BCUT2D eigenvalue weighted by atomic mass is 19.1. The molecule has 78 valence electrons. The van der Waals surface area contributed by atoms with Crippen molar-refractivity contribution >= 4 is 10.9 Å². The molecular formula is C12H8FN3. The third-order valence-corrected chi connectivity index (χ3v) is 2.40. The van der Waals surface area contributed by atoms with Crippen LogP contribution in [0.4, 0.5) is 4.39 Å². The fourth-order valence-electron chi connectivity index (χ4n) is 1.63. The highest BCUT2D eigenvalue weighted by molar-refractivity contribution is 5.78. The minimum absolute atomic E-state index is 0.305. The summed E-state index contributed by atoms with van der Waals surface area (Å²) < 4.78 is 15.0. The lowest BCUT2D eigenvalue weighted by Crippen LogP contribution is -1.94. The van der Waals surface area contributed by atoms with Gasteiger partial charge in [-0.05, 0) is 18.2 Å². The Bertz CT molecular complexity index is 631. The monoisotopic (exact) mass is 213 g/mol. The summed E-state index contributed by atoms with van der Waals surface area (Å²) in [5.41, 5.74) is 1.20. The van der Waals surface area contributed by atoms with Crippen LogP contribution in [0.1, 0.15) is 0 Å². The maximum absolute atomic E-state index is 13.4. The zero-order chi connectivity index (χ0) is 11.0. The van der Waals surface area contributed by atoms with Crippen molar-refractivity contribution in [3.8, 4) is 5.69 Å². The van der Waals surface area contributed by atoms with Gasteiger partial charge in [-0.3, -0.25) is 4.98 Å². The number of rotatable bonds is 1. The number of hydrogen-bond donors (Lipinski definition) is 0. The fraction of sp³-hybridized carbons (Fsp3) is 0. The first-order valence-corrected chi connectivity index (χ1v) is 4.89. The van der Waals surface area contributed by atoms with E-state index in [2.05, 4.69) is 10.1 Å².